The van der Waals surface area contributed by atoms with Gasteiger partial charge < -0.3 is 10.1 Å². The molecular weight excluding hydrogens is 269 g/mol. The van der Waals surface area contributed by atoms with Gasteiger partial charge in [-0.15, -0.1) is 0 Å². The summed E-state index contributed by atoms with van der Waals surface area (Å²) in [7, 11) is 1.66. The molecule has 5 heteroatoms. The van der Waals surface area contributed by atoms with Gasteiger partial charge in [-0.3, -0.25) is 0 Å². The van der Waals surface area contributed by atoms with E-state index in [1.165, 1.54) is 12.8 Å². The van der Waals surface area contributed by atoms with Crippen LogP contribution in [0.1, 0.15) is 30.0 Å². The average Bonchev–Trinajstić information content (AvgIpc) is 3.22. The Kier molecular flexibility index (Phi) is 4.31. The number of halogens is 1. The lowest BCUT2D eigenvalue weighted by Crippen LogP contribution is -2.18. The molecule has 0 aliphatic heterocycles. The number of rotatable bonds is 7. The second-order valence-electron chi connectivity index (χ2n) is 5.41. The maximum atomic E-state index is 14.2. The summed E-state index contributed by atoms with van der Waals surface area (Å²) >= 11 is 0. The lowest BCUT2D eigenvalue weighted by molar-refractivity contribution is 0.199. The van der Waals surface area contributed by atoms with Crippen molar-refractivity contribution in [2.75, 3.05) is 20.3 Å². The summed E-state index contributed by atoms with van der Waals surface area (Å²) in [5.74, 6) is 0.338. The molecule has 0 spiro atoms. The molecule has 21 heavy (non-hydrogen) atoms. The lowest BCUT2D eigenvalue weighted by Gasteiger charge is -2.07. The summed E-state index contributed by atoms with van der Waals surface area (Å²) in [6.07, 6.45) is 4.24. The monoisotopic (exact) mass is 289 g/mol. The molecule has 112 valence electrons. The number of methoxy groups -OCH3 is 1. The van der Waals surface area contributed by atoms with Crippen LogP contribution in [0.25, 0.3) is 5.69 Å². The molecule has 1 aromatic carbocycles. The highest BCUT2D eigenvalue weighted by atomic mass is 19.1. The number of nitrogens with one attached hydrogen (secondary N) is 1. The van der Waals surface area contributed by atoms with Crippen LogP contribution in [0.15, 0.2) is 30.5 Å². The van der Waals surface area contributed by atoms with Crippen molar-refractivity contribution in [3.8, 4) is 5.69 Å². The Bertz CT molecular complexity index is 607. The fraction of sp³-hybridized carbons (Fsp3) is 0.438. The lowest BCUT2D eigenvalue weighted by atomic mass is 10.2. The maximum absolute atomic E-state index is 14.2. The average molecular weight is 289 g/mol. The molecule has 0 atom stereocenters. The number of aromatic nitrogens is 2. The molecule has 1 fully saturated rings. The molecule has 1 N–H and O–H groups in total. The smallest absolute Gasteiger partial charge is 0.149 e. The standard InChI is InChI=1S/C16H20FN3O/c1-21-9-7-18-11-12-2-5-16(14(17)10-12)20-8-6-15(19-20)13-3-4-13/h2,5-6,8,10,13,18H,3-4,7,9,11H2,1H3. The highest BCUT2D eigenvalue weighted by Crippen LogP contribution is 2.39. The molecule has 4 nitrogen and oxygen atoms in total. The topological polar surface area (TPSA) is 39.1 Å². The fourth-order valence-electron chi connectivity index (χ4n) is 2.32. The zero-order valence-corrected chi connectivity index (χ0v) is 12.2. The van der Waals surface area contributed by atoms with Gasteiger partial charge in [-0.1, -0.05) is 6.07 Å². The van der Waals surface area contributed by atoms with Crippen molar-refractivity contribution in [1.29, 1.82) is 0 Å². The molecule has 1 saturated carbocycles. The van der Waals surface area contributed by atoms with Gasteiger partial charge in [0.25, 0.3) is 0 Å². The van der Waals surface area contributed by atoms with E-state index in [1.54, 1.807) is 23.9 Å². The Morgan fingerprint density at radius 1 is 1.38 bits per heavy atom. The van der Waals surface area contributed by atoms with Crippen molar-refractivity contribution in [3.63, 3.8) is 0 Å². The van der Waals surface area contributed by atoms with Gasteiger partial charge in [-0.2, -0.15) is 5.10 Å². The largest absolute Gasteiger partial charge is 0.383 e. The summed E-state index contributed by atoms with van der Waals surface area (Å²) in [5.41, 5.74) is 2.49. The van der Waals surface area contributed by atoms with Crippen LogP contribution in [0.5, 0.6) is 0 Å². The van der Waals surface area contributed by atoms with Gasteiger partial charge in [0.2, 0.25) is 0 Å². The highest BCUT2D eigenvalue weighted by Gasteiger charge is 2.26. The van der Waals surface area contributed by atoms with Crippen LogP contribution >= 0.6 is 0 Å². The van der Waals surface area contributed by atoms with E-state index in [4.69, 9.17) is 4.74 Å². The third kappa shape index (κ3) is 3.49. The SMILES string of the molecule is COCCNCc1ccc(-n2ccc(C3CC3)n2)c(F)c1. The summed E-state index contributed by atoms with van der Waals surface area (Å²) in [6.45, 7) is 2.04. The zero-order valence-electron chi connectivity index (χ0n) is 12.2. The summed E-state index contributed by atoms with van der Waals surface area (Å²) in [5, 5.41) is 7.67. The van der Waals surface area contributed by atoms with E-state index >= 15 is 0 Å². The van der Waals surface area contributed by atoms with Crippen molar-refractivity contribution in [3.05, 3.63) is 47.5 Å². The quantitative estimate of drug-likeness (QED) is 0.796. The zero-order chi connectivity index (χ0) is 14.7. The summed E-state index contributed by atoms with van der Waals surface area (Å²) in [6, 6.07) is 7.26. The van der Waals surface area contributed by atoms with Crippen molar-refractivity contribution in [2.45, 2.75) is 25.3 Å². The first-order chi connectivity index (χ1) is 10.3. The Morgan fingerprint density at radius 2 is 2.24 bits per heavy atom. The van der Waals surface area contributed by atoms with Gasteiger partial charge in [0.05, 0.1) is 12.3 Å². The molecule has 2 aromatic rings. The van der Waals surface area contributed by atoms with Gasteiger partial charge in [0.1, 0.15) is 11.5 Å². The molecule has 1 aliphatic carbocycles. The first-order valence-corrected chi connectivity index (χ1v) is 7.32. The van der Waals surface area contributed by atoms with E-state index in [2.05, 4.69) is 10.4 Å². The highest BCUT2D eigenvalue weighted by molar-refractivity contribution is 5.36. The first kappa shape index (κ1) is 14.2. The number of hydrogen-bond donors (Lipinski definition) is 1. The molecule has 1 heterocycles. The number of benzene rings is 1. The second-order valence-corrected chi connectivity index (χ2v) is 5.41. The van der Waals surface area contributed by atoms with Gasteiger partial charge in [0, 0.05) is 32.3 Å². The molecule has 0 amide bonds. The van der Waals surface area contributed by atoms with Crippen LogP contribution in [-0.2, 0) is 11.3 Å². The Morgan fingerprint density at radius 3 is 2.95 bits per heavy atom. The summed E-state index contributed by atoms with van der Waals surface area (Å²) < 4.78 is 20.8. The Balaban J connectivity index is 1.68. The molecule has 0 saturated heterocycles. The fourth-order valence-corrected chi connectivity index (χ4v) is 2.32. The van der Waals surface area contributed by atoms with E-state index < -0.39 is 0 Å². The van der Waals surface area contributed by atoms with E-state index in [-0.39, 0.29) is 5.82 Å². The molecule has 0 radical (unpaired) electrons. The second kappa shape index (κ2) is 6.37. The molecule has 0 bridgehead atoms. The minimum atomic E-state index is -0.244. The van der Waals surface area contributed by atoms with Crippen LogP contribution in [0.2, 0.25) is 0 Å². The molecule has 0 unspecified atom stereocenters. The number of hydrogen-bond acceptors (Lipinski definition) is 3. The minimum absolute atomic E-state index is 0.244. The van der Waals surface area contributed by atoms with Gasteiger partial charge in [-0.05, 0) is 36.6 Å². The van der Waals surface area contributed by atoms with Gasteiger partial charge in [-0.25, -0.2) is 9.07 Å². The van der Waals surface area contributed by atoms with Crippen molar-refractivity contribution in [1.82, 2.24) is 15.1 Å². The number of nitrogens with zero attached hydrogens (tertiary/aromatic N) is 2. The van der Waals surface area contributed by atoms with Gasteiger partial charge >= 0.3 is 0 Å². The van der Waals surface area contributed by atoms with Crippen molar-refractivity contribution >= 4 is 0 Å². The Hall–Kier alpha value is -1.72. The van der Waals surface area contributed by atoms with Crippen molar-refractivity contribution in [2.24, 2.45) is 0 Å². The van der Waals surface area contributed by atoms with E-state index in [0.717, 1.165) is 17.8 Å². The molecule has 1 aromatic heterocycles. The van der Waals surface area contributed by atoms with E-state index in [9.17, 15) is 4.39 Å². The predicted molar refractivity (Wildman–Crippen MR) is 79.1 cm³/mol. The van der Waals surface area contributed by atoms with Crippen LogP contribution in [0, 0.1) is 5.82 Å². The maximum Gasteiger partial charge on any atom is 0.149 e. The molecule has 3 rings (SSSR count). The van der Waals surface area contributed by atoms with Crippen molar-refractivity contribution < 1.29 is 9.13 Å². The van der Waals surface area contributed by atoms with Gasteiger partial charge in [0.15, 0.2) is 0 Å². The van der Waals surface area contributed by atoms with E-state index in [0.29, 0.717) is 24.8 Å². The van der Waals surface area contributed by atoms with E-state index in [1.807, 2.05) is 18.3 Å². The summed E-state index contributed by atoms with van der Waals surface area (Å²) in [4.78, 5) is 0. The van der Waals surface area contributed by atoms with Crippen LogP contribution < -0.4 is 5.32 Å². The van der Waals surface area contributed by atoms with Crippen LogP contribution in [0.3, 0.4) is 0 Å². The first-order valence-electron chi connectivity index (χ1n) is 7.32. The third-order valence-electron chi connectivity index (χ3n) is 3.68. The van der Waals surface area contributed by atoms with Crippen LogP contribution in [0.4, 0.5) is 4.39 Å². The predicted octanol–water partition coefficient (Wildman–Crippen LogP) is 2.62. The Labute approximate surface area is 123 Å². The third-order valence-corrected chi connectivity index (χ3v) is 3.68. The minimum Gasteiger partial charge on any atom is -0.383 e. The normalized spacial score (nSPS) is 14.6. The number of ether oxygens (including phenoxy) is 1. The molecular formula is C16H20FN3O. The molecule has 1 aliphatic rings. The van der Waals surface area contributed by atoms with Crippen LogP contribution in [-0.4, -0.2) is 30.0 Å².